The Kier molecular flexibility index (Phi) is 5.75. The molecule has 0 aromatic rings. The molecule has 3 heteroatoms. The van der Waals surface area contributed by atoms with Gasteiger partial charge in [0, 0.05) is 19.7 Å². The molecular weight excluding hydrogens is 212 g/mol. The lowest BCUT2D eigenvalue weighted by Gasteiger charge is -2.18. The van der Waals surface area contributed by atoms with Crippen LogP contribution in [0.1, 0.15) is 39.0 Å². The van der Waals surface area contributed by atoms with Crippen molar-refractivity contribution in [1.29, 1.82) is 0 Å². The molecule has 0 spiro atoms. The summed E-state index contributed by atoms with van der Waals surface area (Å²) in [5.41, 5.74) is 0. The van der Waals surface area contributed by atoms with E-state index in [1.165, 1.54) is 64.8 Å². The smallest absolute Gasteiger partial charge is 0.0588 e. The van der Waals surface area contributed by atoms with E-state index >= 15 is 0 Å². The van der Waals surface area contributed by atoms with E-state index in [0.29, 0.717) is 6.10 Å². The molecule has 2 aliphatic heterocycles. The third-order valence-corrected chi connectivity index (χ3v) is 4.02. The monoisotopic (exact) mass is 240 g/mol. The molecule has 2 saturated heterocycles. The van der Waals surface area contributed by atoms with Crippen LogP contribution in [0.15, 0.2) is 0 Å². The lowest BCUT2D eigenvalue weighted by Crippen LogP contribution is -2.28. The summed E-state index contributed by atoms with van der Waals surface area (Å²) >= 11 is 0. The van der Waals surface area contributed by atoms with Crippen molar-refractivity contribution in [2.45, 2.75) is 45.1 Å². The Balaban J connectivity index is 1.54. The van der Waals surface area contributed by atoms with Crippen molar-refractivity contribution in [2.75, 3.05) is 39.3 Å². The van der Waals surface area contributed by atoms with Crippen molar-refractivity contribution in [2.24, 2.45) is 5.92 Å². The maximum absolute atomic E-state index is 5.68. The van der Waals surface area contributed by atoms with Gasteiger partial charge in [0.1, 0.15) is 0 Å². The molecule has 2 atom stereocenters. The van der Waals surface area contributed by atoms with Crippen LogP contribution in [0.25, 0.3) is 0 Å². The first kappa shape index (κ1) is 13.3. The quantitative estimate of drug-likeness (QED) is 0.688. The predicted molar refractivity (Wildman–Crippen MR) is 71.3 cm³/mol. The van der Waals surface area contributed by atoms with Crippen molar-refractivity contribution in [3.05, 3.63) is 0 Å². The van der Waals surface area contributed by atoms with Crippen LogP contribution >= 0.6 is 0 Å². The van der Waals surface area contributed by atoms with Crippen LogP contribution in [0.3, 0.4) is 0 Å². The zero-order valence-electron chi connectivity index (χ0n) is 11.3. The molecule has 1 N–H and O–H groups in total. The molecule has 2 fully saturated rings. The summed E-state index contributed by atoms with van der Waals surface area (Å²) in [6, 6.07) is 0. The topological polar surface area (TPSA) is 24.5 Å². The van der Waals surface area contributed by atoms with Gasteiger partial charge in [-0.1, -0.05) is 6.92 Å². The maximum Gasteiger partial charge on any atom is 0.0588 e. The summed E-state index contributed by atoms with van der Waals surface area (Å²) in [6.07, 6.45) is 6.99. The van der Waals surface area contributed by atoms with Crippen LogP contribution in [0, 0.1) is 5.92 Å². The predicted octanol–water partition coefficient (Wildman–Crippen LogP) is 1.88. The fraction of sp³-hybridized carbons (Fsp3) is 1.00. The third-order valence-electron chi connectivity index (χ3n) is 4.02. The molecule has 2 rings (SSSR count). The highest BCUT2D eigenvalue weighted by atomic mass is 16.5. The molecule has 0 saturated carbocycles. The van der Waals surface area contributed by atoms with E-state index in [2.05, 4.69) is 17.1 Å². The number of hydrogen-bond donors (Lipinski definition) is 1. The highest BCUT2D eigenvalue weighted by Gasteiger charge is 2.23. The van der Waals surface area contributed by atoms with Gasteiger partial charge in [-0.05, 0) is 57.7 Å². The highest BCUT2D eigenvalue weighted by Crippen LogP contribution is 2.19. The zero-order chi connectivity index (χ0) is 11.9. The van der Waals surface area contributed by atoms with Gasteiger partial charge in [-0.2, -0.15) is 0 Å². The van der Waals surface area contributed by atoms with Gasteiger partial charge in [0.15, 0.2) is 0 Å². The average Bonchev–Trinajstić information content (AvgIpc) is 2.98. The molecule has 2 unspecified atom stereocenters. The lowest BCUT2D eigenvalue weighted by molar-refractivity contribution is 0.0945. The Hall–Kier alpha value is -0.120. The fourth-order valence-corrected chi connectivity index (χ4v) is 2.96. The second-order valence-electron chi connectivity index (χ2n) is 5.58. The van der Waals surface area contributed by atoms with Gasteiger partial charge in [0.25, 0.3) is 0 Å². The molecule has 0 amide bonds. The number of ether oxygens (including phenoxy) is 1. The fourth-order valence-electron chi connectivity index (χ4n) is 2.96. The number of rotatable bonds is 7. The minimum Gasteiger partial charge on any atom is -0.378 e. The van der Waals surface area contributed by atoms with Crippen LogP contribution in [0.2, 0.25) is 0 Å². The largest absolute Gasteiger partial charge is 0.378 e. The summed E-state index contributed by atoms with van der Waals surface area (Å²) in [7, 11) is 0. The summed E-state index contributed by atoms with van der Waals surface area (Å²) in [6.45, 7) is 9.45. The highest BCUT2D eigenvalue weighted by molar-refractivity contribution is 4.78. The van der Waals surface area contributed by atoms with E-state index in [0.717, 1.165) is 12.5 Å². The van der Waals surface area contributed by atoms with E-state index in [-0.39, 0.29) is 0 Å². The van der Waals surface area contributed by atoms with Gasteiger partial charge in [0.2, 0.25) is 0 Å². The second-order valence-corrected chi connectivity index (χ2v) is 5.58. The van der Waals surface area contributed by atoms with Gasteiger partial charge >= 0.3 is 0 Å². The molecule has 0 radical (unpaired) electrons. The van der Waals surface area contributed by atoms with Gasteiger partial charge < -0.3 is 15.0 Å². The molecule has 0 aliphatic carbocycles. The Morgan fingerprint density at radius 1 is 1.35 bits per heavy atom. The Morgan fingerprint density at radius 3 is 3.06 bits per heavy atom. The lowest BCUT2D eigenvalue weighted by atomic mass is 10.1. The molecule has 0 aromatic carbocycles. The molecule has 0 bridgehead atoms. The summed E-state index contributed by atoms with van der Waals surface area (Å²) in [4.78, 5) is 2.62. The normalized spacial score (nSPS) is 30.2. The van der Waals surface area contributed by atoms with Crippen LogP contribution < -0.4 is 5.32 Å². The van der Waals surface area contributed by atoms with Crippen LogP contribution in [0.5, 0.6) is 0 Å². The van der Waals surface area contributed by atoms with E-state index in [1.807, 2.05) is 0 Å². The first-order valence-electron chi connectivity index (χ1n) is 7.43. The van der Waals surface area contributed by atoms with Crippen molar-refractivity contribution in [1.82, 2.24) is 10.2 Å². The SMILES string of the molecule is CCCNCC1CCN(CCC2CCCO2)C1. The van der Waals surface area contributed by atoms with Gasteiger partial charge in [0.05, 0.1) is 6.10 Å². The molecular formula is C14H28N2O. The second kappa shape index (κ2) is 7.34. The molecule has 17 heavy (non-hydrogen) atoms. The van der Waals surface area contributed by atoms with Crippen LogP contribution in [-0.2, 0) is 4.74 Å². The first-order chi connectivity index (χ1) is 8.38. The number of hydrogen-bond acceptors (Lipinski definition) is 3. The van der Waals surface area contributed by atoms with Crippen molar-refractivity contribution in [3.63, 3.8) is 0 Å². The Morgan fingerprint density at radius 2 is 2.29 bits per heavy atom. The minimum atomic E-state index is 0.562. The molecule has 2 aliphatic rings. The number of nitrogens with one attached hydrogen (secondary N) is 1. The minimum absolute atomic E-state index is 0.562. The van der Waals surface area contributed by atoms with Crippen LogP contribution in [0.4, 0.5) is 0 Å². The van der Waals surface area contributed by atoms with Crippen molar-refractivity contribution >= 4 is 0 Å². The average molecular weight is 240 g/mol. The standard InChI is InChI=1S/C14H28N2O/c1-2-7-15-11-13-5-8-16(12-13)9-6-14-4-3-10-17-14/h13-15H,2-12H2,1H3. The summed E-state index contributed by atoms with van der Waals surface area (Å²) < 4.78 is 5.68. The van der Waals surface area contributed by atoms with Gasteiger partial charge in [-0.15, -0.1) is 0 Å². The molecule has 2 heterocycles. The molecule has 0 aromatic heterocycles. The van der Waals surface area contributed by atoms with Crippen LogP contribution in [-0.4, -0.2) is 50.3 Å². The van der Waals surface area contributed by atoms with E-state index in [1.54, 1.807) is 0 Å². The van der Waals surface area contributed by atoms with E-state index < -0.39 is 0 Å². The molecule has 100 valence electrons. The molecule has 3 nitrogen and oxygen atoms in total. The zero-order valence-corrected chi connectivity index (χ0v) is 11.3. The third kappa shape index (κ3) is 4.57. The maximum atomic E-state index is 5.68. The Bertz CT molecular complexity index is 204. The van der Waals surface area contributed by atoms with Gasteiger partial charge in [-0.3, -0.25) is 0 Å². The summed E-state index contributed by atoms with van der Waals surface area (Å²) in [5.74, 6) is 0.881. The van der Waals surface area contributed by atoms with Crippen molar-refractivity contribution in [3.8, 4) is 0 Å². The van der Waals surface area contributed by atoms with E-state index in [4.69, 9.17) is 4.74 Å². The number of likely N-dealkylation sites (tertiary alicyclic amines) is 1. The van der Waals surface area contributed by atoms with E-state index in [9.17, 15) is 0 Å². The summed E-state index contributed by atoms with van der Waals surface area (Å²) in [5, 5.41) is 3.54. The number of nitrogens with zero attached hydrogens (tertiary/aromatic N) is 1. The Labute approximate surface area is 106 Å². The van der Waals surface area contributed by atoms with Gasteiger partial charge in [-0.25, -0.2) is 0 Å². The van der Waals surface area contributed by atoms with Crippen molar-refractivity contribution < 1.29 is 4.74 Å². The first-order valence-corrected chi connectivity index (χ1v) is 7.43.